The third-order valence-electron chi connectivity index (χ3n) is 3.78. The number of halogens is 1. The molecule has 0 aliphatic heterocycles. The number of aromatic nitrogens is 2. The normalized spacial score (nSPS) is 11.2. The van der Waals surface area contributed by atoms with Gasteiger partial charge < -0.3 is 9.84 Å². The molecule has 10 heteroatoms. The van der Waals surface area contributed by atoms with Crippen LogP contribution in [0.2, 0.25) is 5.02 Å². The number of hydrogen-bond acceptors (Lipinski definition) is 6. The minimum atomic E-state index is -3.45. The van der Waals surface area contributed by atoms with Crippen molar-refractivity contribution >= 4 is 33.2 Å². The number of carbonyl (C=O) groups excluding carboxylic acids is 1. The van der Waals surface area contributed by atoms with Crippen molar-refractivity contribution in [3.8, 4) is 11.4 Å². The number of carbonyl (C=O) groups is 1. The molecule has 0 radical (unpaired) electrons. The van der Waals surface area contributed by atoms with E-state index in [4.69, 9.17) is 16.1 Å². The van der Waals surface area contributed by atoms with E-state index in [9.17, 15) is 13.2 Å². The summed E-state index contributed by atoms with van der Waals surface area (Å²) in [6.45, 7) is 1.75. The van der Waals surface area contributed by atoms with Crippen molar-refractivity contribution in [2.24, 2.45) is 0 Å². The minimum Gasteiger partial charge on any atom is -0.343 e. The van der Waals surface area contributed by atoms with Crippen LogP contribution in [0.1, 0.15) is 21.8 Å². The predicted molar refractivity (Wildman–Crippen MR) is 106 cm³/mol. The van der Waals surface area contributed by atoms with Gasteiger partial charge in [-0.3, -0.25) is 9.52 Å². The molecule has 0 saturated heterocycles. The van der Waals surface area contributed by atoms with Gasteiger partial charge in [0.1, 0.15) is 0 Å². The summed E-state index contributed by atoms with van der Waals surface area (Å²) >= 11 is 6.11. The van der Waals surface area contributed by atoms with Crippen LogP contribution in [0.4, 0.5) is 5.69 Å². The minimum absolute atomic E-state index is 0.0129. The monoisotopic (exact) mass is 420 g/mol. The Kier molecular flexibility index (Phi) is 5.66. The van der Waals surface area contributed by atoms with Crippen molar-refractivity contribution < 1.29 is 17.7 Å². The molecule has 3 aromatic rings. The highest BCUT2D eigenvalue weighted by molar-refractivity contribution is 7.92. The second-order valence-electron chi connectivity index (χ2n) is 6.08. The van der Waals surface area contributed by atoms with Gasteiger partial charge in [-0.1, -0.05) is 35.0 Å². The van der Waals surface area contributed by atoms with Crippen molar-refractivity contribution in [2.75, 3.05) is 11.0 Å². The van der Waals surface area contributed by atoms with Crippen LogP contribution < -0.4 is 10.0 Å². The molecule has 0 bridgehead atoms. The van der Waals surface area contributed by atoms with Crippen molar-refractivity contribution in [2.45, 2.75) is 13.5 Å². The fourth-order valence-electron chi connectivity index (χ4n) is 2.41. The summed E-state index contributed by atoms with van der Waals surface area (Å²) in [4.78, 5) is 16.6. The average molecular weight is 421 g/mol. The summed E-state index contributed by atoms with van der Waals surface area (Å²) in [5.74, 6) is 0.128. The first-order valence-electron chi connectivity index (χ1n) is 8.17. The fraction of sp³-hybridized carbons (Fsp3) is 0.167. The van der Waals surface area contributed by atoms with Gasteiger partial charge in [-0.15, -0.1) is 0 Å². The topological polar surface area (TPSA) is 114 Å². The highest BCUT2D eigenvalue weighted by Crippen LogP contribution is 2.24. The Hall–Kier alpha value is -2.91. The van der Waals surface area contributed by atoms with Crippen LogP contribution in [0, 0.1) is 6.92 Å². The Morgan fingerprint density at radius 2 is 1.96 bits per heavy atom. The Labute approximate surface area is 167 Å². The lowest BCUT2D eigenvalue weighted by atomic mass is 10.1. The molecule has 0 saturated carbocycles. The molecule has 0 atom stereocenters. The van der Waals surface area contributed by atoms with Crippen LogP contribution >= 0.6 is 11.6 Å². The maximum absolute atomic E-state index is 12.4. The van der Waals surface area contributed by atoms with E-state index >= 15 is 0 Å². The van der Waals surface area contributed by atoms with Gasteiger partial charge in [0.15, 0.2) is 0 Å². The predicted octanol–water partition coefficient (Wildman–Crippen LogP) is 3.00. The summed E-state index contributed by atoms with van der Waals surface area (Å²) in [7, 11) is -3.45. The lowest BCUT2D eigenvalue weighted by molar-refractivity contribution is 0.0946. The molecule has 2 aromatic carbocycles. The van der Waals surface area contributed by atoms with E-state index in [0.29, 0.717) is 33.2 Å². The number of hydrogen-bond donors (Lipinski definition) is 2. The zero-order valence-corrected chi connectivity index (χ0v) is 16.6. The van der Waals surface area contributed by atoms with Crippen molar-refractivity contribution in [3.05, 3.63) is 64.5 Å². The van der Waals surface area contributed by atoms with E-state index in [1.165, 1.54) is 6.07 Å². The molecular formula is C18H17ClN4O4S. The number of rotatable bonds is 6. The maximum atomic E-state index is 12.4. The Bertz CT molecular complexity index is 1130. The third-order valence-corrected chi connectivity index (χ3v) is 4.70. The van der Waals surface area contributed by atoms with Crippen LogP contribution in [0.3, 0.4) is 0 Å². The molecule has 0 aliphatic rings. The van der Waals surface area contributed by atoms with E-state index < -0.39 is 15.9 Å². The van der Waals surface area contributed by atoms with E-state index in [1.807, 2.05) is 0 Å². The molecule has 2 N–H and O–H groups in total. The van der Waals surface area contributed by atoms with E-state index in [2.05, 4.69) is 20.2 Å². The lowest BCUT2D eigenvalue weighted by Gasteiger charge is -2.10. The molecule has 1 amide bonds. The van der Waals surface area contributed by atoms with Crippen molar-refractivity contribution in [1.29, 1.82) is 0 Å². The standard InChI is InChI=1S/C18H17ClN4O4S/c1-11-7-8-12(9-15(11)23-28(2,25)26)18(24)20-10-16-21-17(22-27-16)13-5-3-4-6-14(13)19/h3-9,23H,10H2,1-2H3,(H,20,24). The second-order valence-corrected chi connectivity index (χ2v) is 8.23. The molecule has 146 valence electrons. The number of benzene rings is 2. The van der Waals surface area contributed by atoms with Crippen molar-refractivity contribution in [1.82, 2.24) is 15.5 Å². The molecule has 1 aromatic heterocycles. The summed E-state index contributed by atoms with van der Waals surface area (Å²) in [5, 5.41) is 7.01. The summed E-state index contributed by atoms with van der Waals surface area (Å²) in [5.41, 5.74) is 1.96. The Morgan fingerprint density at radius 1 is 1.21 bits per heavy atom. The van der Waals surface area contributed by atoms with Gasteiger partial charge in [0.05, 0.1) is 23.5 Å². The van der Waals surface area contributed by atoms with Gasteiger partial charge in [0.25, 0.3) is 5.91 Å². The van der Waals surface area contributed by atoms with Crippen LogP contribution in [0.5, 0.6) is 0 Å². The smallest absolute Gasteiger partial charge is 0.251 e. The fourth-order valence-corrected chi connectivity index (χ4v) is 3.25. The highest BCUT2D eigenvalue weighted by atomic mass is 35.5. The molecule has 8 nitrogen and oxygen atoms in total. The number of sulfonamides is 1. The van der Waals surface area contributed by atoms with Crippen LogP contribution in [-0.2, 0) is 16.6 Å². The number of nitrogens with one attached hydrogen (secondary N) is 2. The Balaban J connectivity index is 1.70. The van der Waals surface area contributed by atoms with Crippen LogP contribution in [0.15, 0.2) is 47.0 Å². The lowest BCUT2D eigenvalue weighted by Crippen LogP contribution is -2.23. The largest absolute Gasteiger partial charge is 0.343 e. The van der Waals surface area contributed by atoms with Crippen LogP contribution in [0.25, 0.3) is 11.4 Å². The number of anilines is 1. The van der Waals surface area contributed by atoms with E-state index in [-0.39, 0.29) is 12.4 Å². The number of amides is 1. The first-order chi connectivity index (χ1) is 13.2. The van der Waals surface area contributed by atoms with Crippen molar-refractivity contribution in [3.63, 3.8) is 0 Å². The molecule has 0 fully saturated rings. The van der Waals surface area contributed by atoms with Crippen LogP contribution in [-0.4, -0.2) is 30.7 Å². The zero-order chi connectivity index (χ0) is 20.3. The molecule has 28 heavy (non-hydrogen) atoms. The van der Waals surface area contributed by atoms with Gasteiger partial charge in [-0.05, 0) is 36.8 Å². The van der Waals surface area contributed by atoms with Gasteiger partial charge in [-0.2, -0.15) is 4.98 Å². The van der Waals surface area contributed by atoms with Gasteiger partial charge in [0, 0.05) is 11.1 Å². The van der Waals surface area contributed by atoms with E-state index in [0.717, 1.165) is 6.26 Å². The molecule has 3 rings (SSSR count). The summed E-state index contributed by atoms with van der Waals surface area (Å²) in [6, 6.07) is 11.8. The van der Waals surface area contributed by atoms with Gasteiger partial charge >= 0.3 is 0 Å². The summed E-state index contributed by atoms with van der Waals surface area (Å²) in [6.07, 6.45) is 1.05. The molecular weight excluding hydrogens is 404 g/mol. The molecule has 0 unspecified atom stereocenters. The average Bonchev–Trinajstić information content (AvgIpc) is 3.09. The number of nitrogens with zero attached hydrogens (tertiary/aromatic N) is 2. The maximum Gasteiger partial charge on any atom is 0.251 e. The summed E-state index contributed by atoms with van der Waals surface area (Å²) < 4.78 is 30.4. The quantitative estimate of drug-likeness (QED) is 0.633. The first-order valence-corrected chi connectivity index (χ1v) is 10.4. The molecule has 1 heterocycles. The Morgan fingerprint density at radius 3 is 2.68 bits per heavy atom. The van der Waals surface area contributed by atoms with Gasteiger partial charge in [0.2, 0.25) is 21.7 Å². The second kappa shape index (κ2) is 7.99. The zero-order valence-electron chi connectivity index (χ0n) is 15.1. The van der Waals surface area contributed by atoms with Gasteiger partial charge in [-0.25, -0.2) is 8.42 Å². The highest BCUT2D eigenvalue weighted by Gasteiger charge is 2.14. The molecule has 0 spiro atoms. The molecule has 0 aliphatic carbocycles. The number of aryl methyl sites for hydroxylation is 1. The SMILES string of the molecule is Cc1ccc(C(=O)NCc2nc(-c3ccccc3Cl)no2)cc1NS(C)(=O)=O. The third kappa shape index (κ3) is 4.87. The first kappa shape index (κ1) is 19.8. The van der Waals surface area contributed by atoms with E-state index in [1.54, 1.807) is 43.3 Å².